The Morgan fingerprint density at radius 2 is 1.88 bits per heavy atom. The minimum atomic E-state index is -4.12. The van der Waals surface area contributed by atoms with Gasteiger partial charge in [-0.05, 0) is 42.4 Å². The normalized spacial score (nSPS) is 16.9. The standard InChI is InChI=1S/C13H16F3N/c14-13(15,16)7-6-12(17)11-5-4-9-2-1-3-10(9)8-11/h4-5,8,12H,1-3,6-7,17H2. The average Bonchev–Trinajstić information content (AvgIpc) is 2.71. The fourth-order valence-corrected chi connectivity index (χ4v) is 2.31. The van der Waals surface area contributed by atoms with E-state index in [9.17, 15) is 13.2 Å². The van der Waals surface area contributed by atoms with Crippen LogP contribution in [0, 0.1) is 0 Å². The second-order valence-corrected chi connectivity index (χ2v) is 4.64. The highest BCUT2D eigenvalue weighted by molar-refractivity contribution is 5.36. The van der Waals surface area contributed by atoms with Crippen molar-refractivity contribution in [3.8, 4) is 0 Å². The van der Waals surface area contributed by atoms with Crippen LogP contribution >= 0.6 is 0 Å². The summed E-state index contributed by atoms with van der Waals surface area (Å²) in [5.74, 6) is 0. The number of nitrogens with two attached hydrogens (primary N) is 1. The van der Waals surface area contributed by atoms with Gasteiger partial charge in [0.2, 0.25) is 0 Å². The third-order valence-corrected chi connectivity index (χ3v) is 3.29. The Morgan fingerprint density at radius 3 is 2.59 bits per heavy atom. The number of fused-ring (bicyclic) bond motifs is 1. The van der Waals surface area contributed by atoms with Crippen LogP contribution in [0.25, 0.3) is 0 Å². The van der Waals surface area contributed by atoms with Gasteiger partial charge < -0.3 is 5.73 Å². The molecule has 0 saturated carbocycles. The van der Waals surface area contributed by atoms with Crippen LogP contribution in [0.3, 0.4) is 0 Å². The maximum absolute atomic E-state index is 12.1. The van der Waals surface area contributed by atoms with Crippen molar-refractivity contribution >= 4 is 0 Å². The lowest BCUT2D eigenvalue weighted by atomic mass is 9.98. The summed E-state index contributed by atoms with van der Waals surface area (Å²) in [7, 11) is 0. The van der Waals surface area contributed by atoms with Crippen molar-refractivity contribution in [2.24, 2.45) is 5.73 Å². The maximum atomic E-state index is 12.1. The van der Waals surface area contributed by atoms with Gasteiger partial charge in [0.25, 0.3) is 0 Å². The number of rotatable bonds is 3. The third-order valence-electron chi connectivity index (χ3n) is 3.29. The molecule has 17 heavy (non-hydrogen) atoms. The Balaban J connectivity index is 2.02. The molecule has 1 aliphatic rings. The second kappa shape index (κ2) is 4.69. The molecule has 0 bridgehead atoms. The highest BCUT2D eigenvalue weighted by Gasteiger charge is 2.28. The van der Waals surface area contributed by atoms with Gasteiger partial charge in [0.15, 0.2) is 0 Å². The first-order valence-electron chi connectivity index (χ1n) is 5.90. The molecule has 94 valence electrons. The number of aryl methyl sites for hydroxylation is 2. The van der Waals surface area contributed by atoms with Crippen LogP contribution in [-0.2, 0) is 12.8 Å². The van der Waals surface area contributed by atoms with E-state index < -0.39 is 18.6 Å². The molecule has 2 rings (SSSR count). The molecule has 0 spiro atoms. The Labute approximate surface area is 98.8 Å². The van der Waals surface area contributed by atoms with Crippen molar-refractivity contribution in [2.75, 3.05) is 0 Å². The molecular weight excluding hydrogens is 227 g/mol. The molecule has 0 aliphatic heterocycles. The number of benzene rings is 1. The molecule has 1 aromatic carbocycles. The summed E-state index contributed by atoms with van der Waals surface area (Å²) in [4.78, 5) is 0. The molecule has 0 radical (unpaired) electrons. The predicted molar refractivity (Wildman–Crippen MR) is 60.7 cm³/mol. The number of hydrogen-bond donors (Lipinski definition) is 1. The van der Waals surface area contributed by atoms with Gasteiger partial charge in [-0.15, -0.1) is 0 Å². The van der Waals surface area contributed by atoms with Crippen molar-refractivity contribution in [1.82, 2.24) is 0 Å². The van der Waals surface area contributed by atoms with Crippen LogP contribution in [0.5, 0.6) is 0 Å². The van der Waals surface area contributed by atoms with Crippen LogP contribution in [-0.4, -0.2) is 6.18 Å². The molecule has 1 unspecified atom stereocenters. The maximum Gasteiger partial charge on any atom is 0.389 e. The van der Waals surface area contributed by atoms with Gasteiger partial charge in [0.1, 0.15) is 0 Å². The topological polar surface area (TPSA) is 26.0 Å². The van der Waals surface area contributed by atoms with E-state index in [2.05, 4.69) is 0 Å². The second-order valence-electron chi connectivity index (χ2n) is 4.64. The lowest BCUT2D eigenvalue weighted by Gasteiger charge is -2.14. The number of alkyl halides is 3. The first-order chi connectivity index (χ1) is 7.96. The summed E-state index contributed by atoms with van der Waals surface area (Å²) in [5, 5.41) is 0. The van der Waals surface area contributed by atoms with Crippen LogP contribution in [0.15, 0.2) is 18.2 Å². The number of hydrogen-bond acceptors (Lipinski definition) is 1. The molecule has 0 aromatic heterocycles. The Hall–Kier alpha value is -1.03. The zero-order valence-electron chi connectivity index (χ0n) is 9.56. The Morgan fingerprint density at radius 1 is 1.18 bits per heavy atom. The molecule has 1 aromatic rings. The van der Waals surface area contributed by atoms with Crippen molar-refractivity contribution in [2.45, 2.75) is 44.3 Å². The minimum absolute atomic E-state index is 0.0394. The summed E-state index contributed by atoms with van der Waals surface area (Å²) < 4.78 is 36.3. The fourth-order valence-electron chi connectivity index (χ4n) is 2.31. The van der Waals surface area contributed by atoms with Crippen molar-refractivity contribution in [3.05, 3.63) is 34.9 Å². The smallest absolute Gasteiger partial charge is 0.324 e. The first kappa shape index (κ1) is 12.4. The lowest BCUT2D eigenvalue weighted by Crippen LogP contribution is -2.16. The van der Waals surface area contributed by atoms with Gasteiger partial charge in [-0.1, -0.05) is 18.2 Å². The largest absolute Gasteiger partial charge is 0.389 e. The van der Waals surface area contributed by atoms with E-state index in [1.165, 1.54) is 11.1 Å². The van der Waals surface area contributed by atoms with Gasteiger partial charge in [-0.2, -0.15) is 13.2 Å². The average molecular weight is 243 g/mol. The molecule has 2 N–H and O–H groups in total. The summed E-state index contributed by atoms with van der Waals surface area (Å²) in [5.41, 5.74) is 9.20. The summed E-state index contributed by atoms with van der Waals surface area (Å²) in [6.45, 7) is 0. The van der Waals surface area contributed by atoms with E-state index in [1.54, 1.807) is 0 Å². The molecule has 0 heterocycles. The minimum Gasteiger partial charge on any atom is -0.324 e. The quantitative estimate of drug-likeness (QED) is 0.863. The van der Waals surface area contributed by atoms with Gasteiger partial charge >= 0.3 is 6.18 Å². The van der Waals surface area contributed by atoms with Crippen LogP contribution in [0.4, 0.5) is 13.2 Å². The molecule has 0 fully saturated rings. The van der Waals surface area contributed by atoms with Gasteiger partial charge in [0.05, 0.1) is 0 Å². The molecule has 4 heteroatoms. The Kier molecular flexibility index (Phi) is 3.43. The van der Waals surface area contributed by atoms with Crippen molar-refractivity contribution in [1.29, 1.82) is 0 Å². The van der Waals surface area contributed by atoms with E-state index in [4.69, 9.17) is 5.73 Å². The van der Waals surface area contributed by atoms with Crippen molar-refractivity contribution in [3.63, 3.8) is 0 Å². The zero-order chi connectivity index (χ0) is 12.5. The fraction of sp³-hybridized carbons (Fsp3) is 0.538. The lowest BCUT2D eigenvalue weighted by molar-refractivity contribution is -0.136. The predicted octanol–water partition coefficient (Wildman–Crippen LogP) is 3.52. The van der Waals surface area contributed by atoms with Crippen molar-refractivity contribution < 1.29 is 13.2 Å². The SMILES string of the molecule is NC(CCC(F)(F)F)c1ccc2c(c1)CCC2. The van der Waals surface area contributed by atoms with E-state index in [0.29, 0.717) is 0 Å². The van der Waals surface area contributed by atoms with Crippen LogP contribution < -0.4 is 5.73 Å². The molecule has 0 saturated heterocycles. The number of halogens is 3. The third kappa shape index (κ3) is 3.22. The molecule has 1 atom stereocenters. The van der Waals surface area contributed by atoms with E-state index in [0.717, 1.165) is 24.8 Å². The zero-order valence-corrected chi connectivity index (χ0v) is 9.56. The summed E-state index contributed by atoms with van der Waals surface area (Å²) in [6, 6.07) is 5.34. The molecule has 1 nitrogen and oxygen atoms in total. The highest BCUT2D eigenvalue weighted by Crippen LogP contribution is 2.29. The van der Waals surface area contributed by atoms with Gasteiger partial charge in [-0.25, -0.2) is 0 Å². The first-order valence-corrected chi connectivity index (χ1v) is 5.90. The van der Waals surface area contributed by atoms with E-state index >= 15 is 0 Å². The van der Waals surface area contributed by atoms with E-state index in [1.807, 2.05) is 18.2 Å². The van der Waals surface area contributed by atoms with Gasteiger partial charge in [-0.3, -0.25) is 0 Å². The highest BCUT2D eigenvalue weighted by atomic mass is 19.4. The van der Waals surface area contributed by atoms with Crippen LogP contribution in [0.2, 0.25) is 0 Å². The molecule has 0 amide bonds. The van der Waals surface area contributed by atoms with Crippen LogP contribution in [0.1, 0.15) is 42.0 Å². The van der Waals surface area contributed by atoms with Gasteiger partial charge in [0, 0.05) is 12.5 Å². The molecule has 1 aliphatic carbocycles. The molecular formula is C13H16F3N. The Bertz CT molecular complexity index is 398. The van der Waals surface area contributed by atoms with E-state index in [-0.39, 0.29) is 6.42 Å². The monoisotopic (exact) mass is 243 g/mol. The summed E-state index contributed by atoms with van der Waals surface area (Å²) in [6.07, 6.45) is -1.74. The summed E-state index contributed by atoms with van der Waals surface area (Å²) >= 11 is 0.